The van der Waals surface area contributed by atoms with Crippen LogP contribution >= 0.6 is 27.7 Å². The molecule has 1 aromatic heterocycles. The molecule has 0 saturated heterocycles. The Bertz CT molecular complexity index is 527. The molecule has 102 valence electrons. The van der Waals surface area contributed by atoms with Gasteiger partial charge < -0.3 is 0 Å². The first-order valence-electron chi connectivity index (χ1n) is 6.63. The van der Waals surface area contributed by atoms with Crippen molar-refractivity contribution in [3.05, 3.63) is 30.6 Å². The lowest BCUT2D eigenvalue weighted by molar-refractivity contribution is 0.359. The van der Waals surface area contributed by atoms with Crippen molar-refractivity contribution < 1.29 is 0 Å². The Morgan fingerprint density at radius 3 is 2.58 bits per heavy atom. The maximum absolute atomic E-state index is 4.45. The maximum Gasteiger partial charge on any atom is 0.117 e. The molecule has 2 aromatic rings. The fourth-order valence-electron chi connectivity index (χ4n) is 2.00. The van der Waals surface area contributed by atoms with Gasteiger partial charge in [-0.05, 0) is 24.3 Å². The van der Waals surface area contributed by atoms with Crippen molar-refractivity contribution >= 4 is 38.6 Å². The zero-order valence-corrected chi connectivity index (χ0v) is 13.8. The number of halogens is 1. The van der Waals surface area contributed by atoms with E-state index in [2.05, 4.69) is 45.8 Å². The Balaban J connectivity index is 2.22. The van der Waals surface area contributed by atoms with Gasteiger partial charge in [-0.2, -0.15) is 0 Å². The Kier molecular flexibility index (Phi) is 5.22. The number of para-hydroxylation sites is 1. The summed E-state index contributed by atoms with van der Waals surface area (Å²) in [6.45, 7) is 4.53. The highest BCUT2D eigenvalue weighted by Gasteiger charge is 2.25. The van der Waals surface area contributed by atoms with Gasteiger partial charge in [-0.25, -0.2) is 9.97 Å². The molecular formula is C15H19BrN2S. The number of aromatic nitrogens is 2. The third-order valence-corrected chi connectivity index (χ3v) is 6.35. The van der Waals surface area contributed by atoms with Crippen LogP contribution in [0.4, 0.5) is 0 Å². The number of benzene rings is 1. The van der Waals surface area contributed by atoms with Gasteiger partial charge in [-0.1, -0.05) is 48.0 Å². The zero-order chi connectivity index (χ0) is 13.7. The molecule has 0 spiro atoms. The Morgan fingerprint density at radius 2 is 1.89 bits per heavy atom. The van der Waals surface area contributed by atoms with Crippen LogP contribution in [0.5, 0.6) is 0 Å². The Labute approximate surface area is 127 Å². The zero-order valence-electron chi connectivity index (χ0n) is 11.4. The lowest BCUT2D eigenvalue weighted by Gasteiger charge is -2.28. The van der Waals surface area contributed by atoms with Crippen molar-refractivity contribution in [2.75, 3.05) is 11.1 Å². The quantitative estimate of drug-likeness (QED) is 0.424. The van der Waals surface area contributed by atoms with Crippen LogP contribution in [0, 0.1) is 5.41 Å². The number of fused-ring (bicyclic) bond motifs is 1. The minimum Gasteiger partial charge on any atom is -0.236 e. The van der Waals surface area contributed by atoms with Crippen LogP contribution < -0.4 is 0 Å². The minimum atomic E-state index is 0.358. The van der Waals surface area contributed by atoms with Crippen molar-refractivity contribution in [1.29, 1.82) is 0 Å². The summed E-state index contributed by atoms with van der Waals surface area (Å²) in [4.78, 5) is 8.76. The third-order valence-electron chi connectivity index (χ3n) is 3.80. The van der Waals surface area contributed by atoms with Crippen molar-refractivity contribution in [3.63, 3.8) is 0 Å². The normalized spacial score (nSPS) is 11.9. The number of hydrogen-bond donors (Lipinski definition) is 0. The molecule has 0 fully saturated rings. The largest absolute Gasteiger partial charge is 0.236 e. The van der Waals surface area contributed by atoms with E-state index in [9.17, 15) is 0 Å². The molecule has 1 heterocycles. The number of thioether (sulfide) groups is 1. The molecule has 0 bridgehead atoms. The first-order chi connectivity index (χ1) is 9.24. The topological polar surface area (TPSA) is 25.8 Å². The Morgan fingerprint density at radius 1 is 1.16 bits per heavy atom. The smallest absolute Gasteiger partial charge is 0.117 e. The van der Waals surface area contributed by atoms with Crippen molar-refractivity contribution in [2.45, 2.75) is 31.7 Å². The van der Waals surface area contributed by atoms with Gasteiger partial charge in [0.2, 0.25) is 0 Å². The van der Waals surface area contributed by atoms with Crippen molar-refractivity contribution in [2.24, 2.45) is 5.41 Å². The highest BCUT2D eigenvalue weighted by atomic mass is 79.9. The van der Waals surface area contributed by atoms with Crippen molar-refractivity contribution in [3.8, 4) is 0 Å². The van der Waals surface area contributed by atoms with Crippen LogP contribution in [0.2, 0.25) is 0 Å². The van der Waals surface area contributed by atoms with Crippen LogP contribution in [-0.4, -0.2) is 21.1 Å². The van der Waals surface area contributed by atoms with Gasteiger partial charge in [0.25, 0.3) is 0 Å². The molecule has 2 nitrogen and oxygen atoms in total. The first-order valence-corrected chi connectivity index (χ1v) is 8.74. The van der Waals surface area contributed by atoms with E-state index < -0.39 is 0 Å². The van der Waals surface area contributed by atoms with Gasteiger partial charge in [0.15, 0.2) is 0 Å². The molecule has 0 aliphatic carbocycles. The molecule has 2 rings (SSSR count). The average molecular weight is 339 g/mol. The Hall–Kier alpha value is -0.610. The van der Waals surface area contributed by atoms with E-state index in [1.807, 2.05) is 30.0 Å². The standard InChI is InChI=1S/C15H19BrN2S/c1-3-15(4-2,9-16)10-19-14-12-7-5-6-8-13(12)17-11-18-14/h5-8,11H,3-4,9-10H2,1-2H3. The molecule has 1 aromatic carbocycles. The van der Waals surface area contributed by atoms with Gasteiger partial charge >= 0.3 is 0 Å². The van der Waals surface area contributed by atoms with Crippen LogP contribution in [0.3, 0.4) is 0 Å². The molecule has 0 amide bonds. The average Bonchev–Trinajstić information content (AvgIpc) is 2.49. The highest BCUT2D eigenvalue weighted by Crippen LogP contribution is 2.36. The minimum absolute atomic E-state index is 0.358. The van der Waals surface area contributed by atoms with E-state index in [4.69, 9.17) is 0 Å². The summed E-state index contributed by atoms with van der Waals surface area (Å²) in [5, 5.41) is 3.30. The molecule has 0 unspecified atom stereocenters. The van der Waals surface area contributed by atoms with E-state index in [0.717, 1.165) is 27.0 Å². The van der Waals surface area contributed by atoms with Gasteiger partial charge in [-0.15, -0.1) is 11.8 Å². The number of rotatable bonds is 6. The first kappa shape index (κ1) is 14.8. The molecule has 0 atom stereocenters. The molecule has 0 saturated carbocycles. The second-order valence-corrected chi connectivity index (χ2v) is 6.35. The summed E-state index contributed by atoms with van der Waals surface area (Å²) < 4.78 is 0. The van der Waals surface area contributed by atoms with Crippen LogP contribution in [0.25, 0.3) is 10.9 Å². The van der Waals surface area contributed by atoms with E-state index in [0.29, 0.717) is 5.41 Å². The van der Waals surface area contributed by atoms with Gasteiger partial charge in [0, 0.05) is 16.5 Å². The molecule has 0 radical (unpaired) electrons. The predicted molar refractivity (Wildman–Crippen MR) is 87.1 cm³/mol. The van der Waals surface area contributed by atoms with E-state index in [1.54, 1.807) is 6.33 Å². The molecule has 19 heavy (non-hydrogen) atoms. The summed E-state index contributed by atoms with van der Waals surface area (Å²) in [7, 11) is 0. The summed E-state index contributed by atoms with van der Waals surface area (Å²) in [6, 6.07) is 8.21. The molecule has 0 aliphatic heterocycles. The molecule has 4 heteroatoms. The maximum atomic E-state index is 4.45. The summed E-state index contributed by atoms with van der Waals surface area (Å²) in [5.41, 5.74) is 1.38. The van der Waals surface area contributed by atoms with Crippen LogP contribution in [0.1, 0.15) is 26.7 Å². The molecule has 0 N–H and O–H groups in total. The van der Waals surface area contributed by atoms with Gasteiger partial charge in [0.05, 0.1) is 5.52 Å². The van der Waals surface area contributed by atoms with Gasteiger partial charge in [0.1, 0.15) is 11.4 Å². The lowest BCUT2D eigenvalue weighted by Crippen LogP contribution is -2.23. The number of hydrogen-bond acceptors (Lipinski definition) is 3. The van der Waals surface area contributed by atoms with Crippen molar-refractivity contribution in [1.82, 2.24) is 9.97 Å². The summed E-state index contributed by atoms with van der Waals surface area (Å²) in [5.74, 6) is 1.09. The lowest BCUT2D eigenvalue weighted by atomic mass is 9.87. The number of alkyl halides is 1. The molecule has 0 aliphatic rings. The fourth-order valence-corrected chi connectivity index (χ4v) is 4.65. The highest BCUT2D eigenvalue weighted by molar-refractivity contribution is 9.09. The van der Waals surface area contributed by atoms with E-state index in [-0.39, 0.29) is 0 Å². The summed E-state index contributed by atoms with van der Waals surface area (Å²) in [6.07, 6.45) is 4.04. The van der Waals surface area contributed by atoms with E-state index >= 15 is 0 Å². The third kappa shape index (κ3) is 3.29. The SMILES string of the molecule is CCC(CC)(CBr)CSc1ncnc2ccccc12. The van der Waals surface area contributed by atoms with Gasteiger partial charge in [-0.3, -0.25) is 0 Å². The monoisotopic (exact) mass is 338 g/mol. The number of nitrogens with zero attached hydrogens (tertiary/aromatic N) is 2. The second-order valence-electron chi connectivity index (χ2n) is 4.83. The summed E-state index contributed by atoms with van der Waals surface area (Å²) >= 11 is 5.52. The predicted octanol–water partition coefficient (Wildman–Crippen LogP) is 4.92. The van der Waals surface area contributed by atoms with Crippen LogP contribution in [-0.2, 0) is 0 Å². The van der Waals surface area contributed by atoms with E-state index in [1.165, 1.54) is 12.8 Å². The molecular weight excluding hydrogens is 320 g/mol. The second kappa shape index (κ2) is 6.71. The fraction of sp³-hybridized carbons (Fsp3) is 0.467. The van der Waals surface area contributed by atoms with Crippen LogP contribution in [0.15, 0.2) is 35.6 Å².